The molecule has 0 N–H and O–H groups in total. The Kier molecular flexibility index (Phi) is 4.45. The van der Waals surface area contributed by atoms with E-state index in [2.05, 4.69) is 4.74 Å². The maximum absolute atomic E-state index is 12.2. The van der Waals surface area contributed by atoms with E-state index in [1.807, 2.05) is 0 Å². The smallest absolute Gasteiger partial charge is 0.493 e. The highest BCUT2D eigenvalue weighted by Crippen LogP contribution is 2.33. The van der Waals surface area contributed by atoms with E-state index in [-0.39, 0.29) is 11.3 Å². The van der Waals surface area contributed by atoms with Crippen molar-refractivity contribution in [1.29, 1.82) is 0 Å². The summed E-state index contributed by atoms with van der Waals surface area (Å²) in [5, 5.41) is -0.836. The molecule has 1 rings (SSSR count). The number of ketones is 1. The molecule has 0 radical (unpaired) electrons. The van der Waals surface area contributed by atoms with E-state index in [9.17, 15) is 18.0 Å². The predicted molar refractivity (Wildman–Crippen MR) is 59.3 cm³/mol. The van der Waals surface area contributed by atoms with Crippen molar-refractivity contribution < 1.29 is 27.4 Å². The van der Waals surface area contributed by atoms with Gasteiger partial charge in [0.1, 0.15) is 0 Å². The van der Waals surface area contributed by atoms with Gasteiger partial charge in [-0.05, 0) is 25.1 Å². The first-order valence-electron chi connectivity index (χ1n) is 4.86. The fourth-order valence-electron chi connectivity index (χ4n) is 1.26. The van der Waals surface area contributed by atoms with E-state index in [1.165, 1.54) is 26.2 Å². The van der Waals surface area contributed by atoms with Crippen molar-refractivity contribution in [3.8, 4) is 11.5 Å². The van der Waals surface area contributed by atoms with Gasteiger partial charge in [0.15, 0.2) is 17.3 Å². The van der Waals surface area contributed by atoms with Crippen LogP contribution in [-0.2, 0) is 0 Å². The van der Waals surface area contributed by atoms with E-state index in [4.69, 9.17) is 16.3 Å². The first-order valence-corrected chi connectivity index (χ1v) is 5.30. The minimum atomic E-state index is -4.86. The Morgan fingerprint density at radius 3 is 2.39 bits per heavy atom. The average molecular weight is 283 g/mol. The lowest BCUT2D eigenvalue weighted by Gasteiger charge is -2.13. The average Bonchev–Trinajstić information content (AvgIpc) is 2.25. The molecule has 1 unspecified atom stereocenters. The molecule has 0 saturated carbocycles. The van der Waals surface area contributed by atoms with E-state index in [0.29, 0.717) is 0 Å². The van der Waals surface area contributed by atoms with Crippen molar-refractivity contribution in [2.45, 2.75) is 18.7 Å². The van der Waals surface area contributed by atoms with Crippen LogP contribution in [0.2, 0.25) is 0 Å². The van der Waals surface area contributed by atoms with E-state index >= 15 is 0 Å². The predicted octanol–water partition coefficient (Wildman–Crippen LogP) is 3.40. The lowest BCUT2D eigenvalue weighted by molar-refractivity contribution is -0.275. The minimum Gasteiger partial charge on any atom is -0.493 e. The van der Waals surface area contributed by atoms with Crippen molar-refractivity contribution in [1.82, 2.24) is 0 Å². The Hall–Kier alpha value is -1.43. The summed E-state index contributed by atoms with van der Waals surface area (Å²) in [6, 6.07) is 3.49. The molecule has 0 spiro atoms. The normalized spacial score (nSPS) is 13.0. The standard InChI is InChI=1S/C11H10ClF3O3/c1-6(12)10(16)7-3-4-8(17-2)9(5-7)18-11(13,14)15/h3-6H,1-2H3. The van der Waals surface area contributed by atoms with Crippen LogP contribution in [-0.4, -0.2) is 24.6 Å². The van der Waals surface area contributed by atoms with Gasteiger partial charge in [-0.15, -0.1) is 24.8 Å². The monoisotopic (exact) mass is 282 g/mol. The van der Waals surface area contributed by atoms with Gasteiger partial charge >= 0.3 is 6.36 Å². The molecule has 0 aliphatic carbocycles. The molecule has 1 aromatic carbocycles. The van der Waals surface area contributed by atoms with Gasteiger partial charge in [-0.1, -0.05) is 0 Å². The summed E-state index contributed by atoms with van der Waals surface area (Å²) in [7, 11) is 1.20. The third-order valence-corrected chi connectivity index (χ3v) is 2.23. The molecule has 0 saturated heterocycles. The van der Waals surface area contributed by atoms with Gasteiger partial charge in [0.05, 0.1) is 12.5 Å². The number of benzene rings is 1. The molecular formula is C11H10ClF3O3. The molecule has 0 amide bonds. The van der Waals surface area contributed by atoms with Crippen LogP contribution >= 0.6 is 11.6 Å². The Labute approximate surface area is 106 Å². The topological polar surface area (TPSA) is 35.5 Å². The van der Waals surface area contributed by atoms with Crippen molar-refractivity contribution in [2.75, 3.05) is 7.11 Å². The largest absolute Gasteiger partial charge is 0.573 e. The lowest BCUT2D eigenvalue weighted by Crippen LogP contribution is -2.18. The molecule has 100 valence electrons. The maximum atomic E-state index is 12.2. The van der Waals surface area contributed by atoms with Crippen LogP contribution < -0.4 is 9.47 Å². The molecular weight excluding hydrogens is 273 g/mol. The molecule has 0 bridgehead atoms. The van der Waals surface area contributed by atoms with Gasteiger partial charge in [-0.25, -0.2) is 0 Å². The SMILES string of the molecule is COc1ccc(C(=O)C(C)Cl)cc1OC(F)(F)F. The maximum Gasteiger partial charge on any atom is 0.573 e. The third-order valence-electron chi connectivity index (χ3n) is 2.04. The van der Waals surface area contributed by atoms with Crippen LogP contribution in [0.1, 0.15) is 17.3 Å². The fourth-order valence-corrected chi connectivity index (χ4v) is 1.39. The Morgan fingerprint density at radius 2 is 1.94 bits per heavy atom. The van der Waals surface area contributed by atoms with Crippen molar-refractivity contribution in [3.05, 3.63) is 23.8 Å². The molecule has 18 heavy (non-hydrogen) atoms. The van der Waals surface area contributed by atoms with Gasteiger partial charge < -0.3 is 9.47 Å². The highest BCUT2D eigenvalue weighted by molar-refractivity contribution is 6.33. The number of Topliss-reactive ketones (excluding diaryl/α,β-unsaturated/α-hetero) is 1. The quantitative estimate of drug-likeness (QED) is 0.627. The van der Waals surface area contributed by atoms with Crippen molar-refractivity contribution in [2.24, 2.45) is 0 Å². The van der Waals surface area contributed by atoms with Crippen LogP contribution in [0.5, 0.6) is 11.5 Å². The molecule has 0 aromatic heterocycles. The zero-order chi connectivity index (χ0) is 13.9. The summed E-state index contributed by atoms with van der Waals surface area (Å²) in [6.45, 7) is 1.43. The van der Waals surface area contributed by atoms with Crippen LogP contribution in [0.3, 0.4) is 0 Å². The van der Waals surface area contributed by atoms with Gasteiger partial charge in [0, 0.05) is 5.56 Å². The molecule has 0 aliphatic rings. The fraction of sp³-hybridized carbons (Fsp3) is 0.364. The van der Waals surface area contributed by atoms with Crippen LogP contribution in [0.25, 0.3) is 0 Å². The Balaban J connectivity index is 3.13. The lowest BCUT2D eigenvalue weighted by atomic mass is 10.1. The molecule has 1 atom stereocenters. The number of hydrogen-bond acceptors (Lipinski definition) is 3. The zero-order valence-electron chi connectivity index (χ0n) is 9.55. The van der Waals surface area contributed by atoms with Gasteiger partial charge in [-0.3, -0.25) is 4.79 Å². The van der Waals surface area contributed by atoms with Gasteiger partial charge in [0.2, 0.25) is 0 Å². The van der Waals surface area contributed by atoms with E-state index in [1.54, 1.807) is 0 Å². The summed E-state index contributed by atoms with van der Waals surface area (Å²) < 4.78 is 45.0. The number of methoxy groups -OCH3 is 1. The highest BCUT2D eigenvalue weighted by atomic mass is 35.5. The van der Waals surface area contributed by atoms with Crippen molar-refractivity contribution in [3.63, 3.8) is 0 Å². The van der Waals surface area contributed by atoms with E-state index < -0.39 is 23.3 Å². The molecule has 0 fully saturated rings. The number of hydrogen-bond donors (Lipinski definition) is 0. The molecule has 7 heteroatoms. The second-order valence-electron chi connectivity index (χ2n) is 3.39. The minimum absolute atomic E-state index is 0.0255. The first kappa shape index (κ1) is 14.6. The summed E-state index contributed by atoms with van der Waals surface area (Å²) in [4.78, 5) is 11.6. The Morgan fingerprint density at radius 1 is 1.33 bits per heavy atom. The highest BCUT2D eigenvalue weighted by Gasteiger charge is 2.33. The zero-order valence-corrected chi connectivity index (χ0v) is 10.3. The summed E-state index contributed by atoms with van der Waals surface area (Å²) in [5.74, 6) is -1.19. The number of rotatable bonds is 4. The second kappa shape index (κ2) is 5.48. The third kappa shape index (κ3) is 3.80. The van der Waals surface area contributed by atoms with Crippen molar-refractivity contribution >= 4 is 17.4 Å². The Bertz CT molecular complexity index is 444. The summed E-state index contributed by atoms with van der Waals surface area (Å²) in [5.41, 5.74) is 0.0255. The number of carbonyl (C=O) groups is 1. The van der Waals surface area contributed by atoms with Gasteiger partial charge in [0.25, 0.3) is 0 Å². The molecule has 3 nitrogen and oxygen atoms in total. The van der Waals surface area contributed by atoms with Crippen LogP contribution in [0, 0.1) is 0 Å². The number of halogens is 4. The molecule has 0 aliphatic heterocycles. The summed E-state index contributed by atoms with van der Waals surface area (Å²) >= 11 is 5.58. The first-order chi connectivity index (χ1) is 8.24. The molecule has 1 aromatic rings. The molecule has 0 heterocycles. The van der Waals surface area contributed by atoms with E-state index in [0.717, 1.165) is 6.07 Å². The number of ether oxygens (including phenoxy) is 2. The van der Waals surface area contributed by atoms with Crippen LogP contribution in [0.15, 0.2) is 18.2 Å². The van der Waals surface area contributed by atoms with Crippen LogP contribution in [0.4, 0.5) is 13.2 Å². The van der Waals surface area contributed by atoms with Gasteiger partial charge in [-0.2, -0.15) is 0 Å². The second-order valence-corrected chi connectivity index (χ2v) is 4.05. The number of alkyl halides is 4. The number of carbonyl (C=O) groups excluding carboxylic acids is 1. The summed E-state index contributed by atoms with van der Waals surface area (Å²) in [6.07, 6.45) is -4.86.